The SMILES string of the molecule is CNC(=O)c1ccc(NCC(N)C(C)C)c([N+](=O)[O-])c1. The van der Waals surface area contributed by atoms with Gasteiger partial charge in [-0.2, -0.15) is 0 Å². The summed E-state index contributed by atoms with van der Waals surface area (Å²) in [5.74, 6) is -0.0924. The van der Waals surface area contributed by atoms with Crippen molar-refractivity contribution in [2.75, 3.05) is 18.9 Å². The smallest absolute Gasteiger partial charge is 0.293 e. The van der Waals surface area contributed by atoms with E-state index in [2.05, 4.69) is 10.6 Å². The molecule has 0 aliphatic rings. The number of carbonyl (C=O) groups excluding carboxylic acids is 1. The molecule has 0 aliphatic heterocycles. The molecule has 0 saturated carbocycles. The van der Waals surface area contributed by atoms with E-state index in [4.69, 9.17) is 5.73 Å². The highest BCUT2D eigenvalue weighted by Crippen LogP contribution is 2.25. The molecule has 1 amide bonds. The van der Waals surface area contributed by atoms with Gasteiger partial charge in [0.15, 0.2) is 0 Å². The summed E-state index contributed by atoms with van der Waals surface area (Å²) < 4.78 is 0. The standard InChI is InChI=1S/C13H20N4O3/c1-8(2)10(14)7-16-11-5-4-9(13(18)15-3)6-12(11)17(19)20/h4-6,8,10,16H,7,14H2,1-3H3,(H,15,18). The molecule has 1 aromatic rings. The molecular formula is C13H20N4O3. The van der Waals surface area contributed by atoms with Crippen LogP contribution in [0.3, 0.4) is 0 Å². The number of nitro groups is 1. The Morgan fingerprint density at radius 1 is 1.45 bits per heavy atom. The normalized spacial score (nSPS) is 12.1. The van der Waals surface area contributed by atoms with Crippen molar-refractivity contribution in [3.8, 4) is 0 Å². The first kappa shape index (κ1) is 15.9. The molecule has 0 aromatic heterocycles. The third kappa shape index (κ3) is 3.92. The van der Waals surface area contributed by atoms with Gasteiger partial charge in [-0.1, -0.05) is 13.8 Å². The summed E-state index contributed by atoms with van der Waals surface area (Å²) in [6.07, 6.45) is 0. The summed E-state index contributed by atoms with van der Waals surface area (Å²) in [5.41, 5.74) is 6.36. The Hall–Kier alpha value is -2.15. The predicted octanol–water partition coefficient (Wildman–Crippen LogP) is 1.35. The fraction of sp³-hybridized carbons (Fsp3) is 0.462. The van der Waals surface area contributed by atoms with Crippen LogP contribution >= 0.6 is 0 Å². The van der Waals surface area contributed by atoms with Crippen LogP contribution in [0, 0.1) is 16.0 Å². The highest BCUT2D eigenvalue weighted by atomic mass is 16.6. The van der Waals surface area contributed by atoms with Gasteiger partial charge in [0, 0.05) is 31.3 Å². The number of amides is 1. The summed E-state index contributed by atoms with van der Waals surface area (Å²) >= 11 is 0. The van der Waals surface area contributed by atoms with Gasteiger partial charge >= 0.3 is 0 Å². The van der Waals surface area contributed by atoms with Gasteiger partial charge in [0.05, 0.1) is 4.92 Å². The highest BCUT2D eigenvalue weighted by molar-refractivity contribution is 5.95. The second-order valence-corrected chi connectivity index (χ2v) is 4.86. The van der Waals surface area contributed by atoms with E-state index in [1.54, 1.807) is 0 Å². The van der Waals surface area contributed by atoms with Crippen molar-refractivity contribution in [3.05, 3.63) is 33.9 Å². The van der Waals surface area contributed by atoms with Crippen LogP contribution in [-0.2, 0) is 0 Å². The van der Waals surface area contributed by atoms with Crippen molar-refractivity contribution in [2.24, 2.45) is 11.7 Å². The molecule has 0 aliphatic carbocycles. The van der Waals surface area contributed by atoms with Crippen LogP contribution in [0.5, 0.6) is 0 Å². The third-order valence-electron chi connectivity index (χ3n) is 3.07. The van der Waals surface area contributed by atoms with E-state index in [0.717, 1.165) is 0 Å². The zero-order valence-electron chi connectivity index (χ0n) is 11.8. The van der Waals surface area contributed by atoms with E-state index in [9.17, 15) is 14.9 Å². The Labute approximate surface area is 117 Å². The van der Waals surface area contributed by atoms with E-state index in [0.29, 0.717) is 12.2 Å². The monoisotopic (exact) mass is 280 g/mol. The number of benzene rings is 1. The number of anilines is 1. The van der Waals surface area contributed by atoms with Crippen LogP contribution in [0.4, 0.5) is 11.4 Å². The molecule has 0 bridgehead atoms. The molecule has 0 fully saturated rings. The van der Waals surface area contributed by atoms with Gasteiger partial charge in [-0.15, -0.1) is 0 Å². The minimum absolute atomic E-state index is 0.103. The topological polar surface area (TPSA) is 110 Å². The molecule has 110 valence electrons. The fourth-order valence-corrected chi connectivity index (χ4v) is 1.58. The van der Waals surface area contributed by atoms with E-state index < -0.39 is 4.92 Å². The quantitative estimate of drug-likeness (QED) is 0.538. The molecular weight excluding hydrogens is 260 g/mol. The minimum atomic E-state index is -0.518. The first-order valence-electron chi connectivity index (χ1n) is 6.36. The van der Waals surface area contributed by atoms with Crippen LogP contribution in [0.1, 0.15) is 24.2 Å². The van der Waals surface area contributed by atoms with Crippen LogP contribution in [0.2, 0.25) is 0 Å². The van der Waals surface area contributed by atoms with Crippen LogP contribution in [-0.4, -0.2) is 30.5 Å². The van der Waals surface area contributed by atoms with Crippen LogP contribution in [0.15, 0.2) is 18.2 Å². The lowest BCUT2D eigenvalue weighted by atomic mass is 10.1. The van der Waals surface area contributed by atoms with Crippen LogP contribution in [0.25, 0.3) is 0 Å². The number of rotatable bonds is 6. The van der Waals surface area contributed by atoms with Crippen molar-refractivity contribution in [1.29, 1.82) is 0 Å². The van der Waals surface area contributed by atoms with E-state index in [1.165, 1.54) is 25.2 Å². The summed E-state index contributed by atoms with van der Waals surface area (Å²) in [6.45, 7) is 4.39. The Bertz CT molecular complexity index is 502. The molecule has 0 heterocycles. The number of hydrogen-bond acceptors (Lipinski definition) is 5. The lowest BCUT2D eigenvalue weighted by Gasteiger charge is -2.17. The average molecular weight is 280 g/mol. The van der Waals surface area contributed by atoms with Gasteiger partial charge < -0.3 is 16.4 Å². The summed E-state index contributed by atoms with van der Waals surface area (Å²) in [6, 6.07) is 4.21. The maximum atomic E-state index is 11.5. The molecule has 1 unspecified atom stereocenters. The zero-order chi connectivity index (χ0) is 15.3. The average Bonchev–Trinajstić information content (AvgIpc) is 2.43. The van der Waals surface area contributed by atoms with E-state index in [1.807, 2.05) is 13.8 Å². The van der Waals surface area contributed by atoms with Gasteiger partial charge in [0.2, 0.25) is 0 Å². The lowest BCUT2D eigenvalue weighted by molar-refractivity contribution is -0.384. The first-order valence-corrected chi connectivity index (χ1v) is 6.36. The maximum absolute atomic E-state index is 11.5. The Morgan fingerprint density at radius 3 is 2.60 bits per heavy atom. The Morgan fingerprint density at radius 2 is 2.10 bits per heavy atom. The van der Waals surface area contributed by atoms with Crippen molar-refractivity contribution in [1.82, 2.24) is 5.32 Å². The zero-order valence-corrected chi connectivity index (χ0v) is 11.8. The van der Waals surface area contributed by atoms with Gasteiger partial charge in [0.1, 0.15) is 5.69 Å². The van der Waals surface area contributed by atoms with E-state index in [-0.39, 0.29) is 29.1 Å². The minimum Gasteiger partial charge on any atom is -0.378 e. The van der Waals surface area contributed by atoms with Crippen molar-refractivity contribution in [3.63, 3.8) is 0 Å². The number of hydrogen-bond donors (Lipinski definition) is 3. The van der Waals surface area contributed by atoms with Gasteiger partial charge in [-0.3, -0.25) is 14.9 Å². The molecule has 0 saturated heterocycles. The first-order chi connectivity index (χ1) is 9.36. The van der Waals surface area contributed by atoms with E-state index >= 15 is 0 Å². The van der Waals surface area contributed by atoms with Gasteiger partial charge in [-0.05, 0) is 18.1 Å². The molecule has 0 spiro atoms. The molecule has 4 N–H and O–H groups in total. The molecule has 1 aromatic carbocycles. The predicted molar refractivity (Wildman–Crippen MR) is 77.8 cm³/mol. The molecule has 1 rings (SSSR count). The number of nitro benzene ring substituents is 1. The lowest BCUT2D eigenvalue weighted by Crippen LogP contribution is -2.34. The Kier molecular flexibility index (Phi) is 5.45. The number of nitrogens with one attached hydrogen (secondary N) is 2. The second kappa shape index (κ2) is 6.85. The fourth-order valence-electron chi connectivity index (χ4n) is 1.58. The van der Waals surface area contributed by atoms with Crippen molar-refractivity contribution >= 4 is 17.3 Å². The van der Waals surface area contributed by atoms with Crippen LogP contribution < -0.4 is 16.4 Å². The van der Waals surface area contributed by atoms with Gasteiger partial charge in [-0.25, -0.2) is 0 Å². The van der Waals surface area contributed by atoms with Gasteiger partial charge in [0.25, 0.3) is 11.6 Å². The number of nitrogens with two attached hydrogens (primary N) is 1. The summed E-state index contributed by atoms with van der Waals surface area (Å²) in [7, 11) is 1.47. The summed E-state index contributed by atoms with van der Waals surface area (Å²) in [5, 5.41) is 16.5. The molecule has 20 heavy (non-hydrogen) atoms. The largest absolute Gasteiger partial charge is 0.378 e. The molecule has 7 nitrogen and oxygen atoms in total. The highest BCUT2D eigenvalue weighted by Gasteiger charge is 2.18. The number of nitrogens with zero attached hydrogens (tertiary/aromatic N) is 1. The second-order valence-electron chi connectivity index (χ2n) is 4.86. The van der Waals surface area contributed by atoms with Crippen molar-refractivity contribution in [2.45, 2.75) is 19.9 Å². The third-order valence-corrected chi connectivity index (χ3v) is 3.07. The molecule has 0 radical (unpaired) electrons. The van der Waals surface area contributed by atoms with Crippen molar-refractivity contribution < 1.29 is 9.72 Å². The number of carbonyl (C=O) groups is 1. The summed E-state index contributed by atoms with van der Waals surface area (Å²) in [4.78, 5) is 22.0. The maximum Gasteiger partial charge on any atom is 0.293 e. The molecule has 1 atom stereocenters. The molecule has 7 heteroatoms. The Balaban J connectivity index is 2.96.